The van der Waals surface area contributed by atoms with E-state index in [2.05, 4.69) is 131 Å². The van der Waals surface area contributed by atoms with Gasteiger partial charge in [0.15, 0.2) is 34.6 Å². The zero-order chi connectivity index (χ0) is 103. The molecule has 5 atom stereocenters. The van der Waals surface area contributed by atoms with Crippen LogP contribution in [0.3, 0.4) is 0 Å². The number of H-pyrrole nitrogens is 1. The molecule has 2 amide bonds. The van der Waals surface area contributed by atoms with E-state index in [1.54, 1.807) is 32.5 Å². The van der Waals surface area contributed by atoms with Gasteiger partial charge in [0, 0.05) is 189 Å². The van der Waals surface area contributed by atoms with E-state index in [-0.39, 0.29) is 113 Å². The first-order chi connectivity index (χ1) is 69.6. The minimum atomic E-state index is -4.55. The Morgan fingerprint density at radius 3 is 1.76 bits per heavy atom. The summed E-state index contributed by atoms with van der Waals surface area (Å²) in [7, 11) is 6.98. The number of Topliss-reactive ketones (excluding diaryl/α,β-unsaturated/α-hetero) is 3. The van der Waals surface area contributed by atoms with E-state index in [1.807, 2.05) is 89.6 Å². The Balaban J connectivity index is 0.000000145. The molecule has 9 N–H and O–H groups in total. The number of nitrogens with two attached hydrogens (primary N) is 3. The topological polar surface area (TPSA) is 512 Å². The van der Waals surface area contributed by atoms with Crippen molar-refractivity contribution >= 4 is 86.5 Å². The smallest absolute Gasteiger partial charge is 0.405 e. The maximum absolute atomic E-state index is 13.2. The third-order valence-electron chi connectivity index (χ3n) is 28.4. The number of alkyl halides is 3. The second kappa shape index (κ2) is 47.3. The number of fused-ring (bicyclic) bond motifs is 1. The van der Waals surface area contributed by atoms with Gasteiger partial charge in [0.1, 0.15) is 65.6 Å². The largest absolute Gasteiger partial charge is 0.489 e. The standard InChI is InChI=1S/C27H33N7O2.C27H32N6O3.C25H34F3N7O3.C24H33N7O4/c1-16(2)17(3)11-23(35)22-13-24(31-27(30-22)36-15-20-12-19(20)14-28)34-9-6-18(7-10-34)25-21-5-4-8-29-26(21)33-32-25;28-16-26(5-6-26)17-36-25-31-20(21(34)14-27-11-19(12-27)13-27)10-23(32-25)33-8-3-18(4-9-33)15-35-22-2-1-7-30-24(22)29;1-15(13-37-5)38-24-32-21(23(36)30-14-25(26,27)28)12-22(33-24)35-8-6-17(7-9-35)20-11-18(34(3)4)10-19(31-20)16(2)29;1-14(13-34-3)35-24-29-21(22(33)26-12-16-4-5-16)28-23(30-24)31-10-8-17(9-11-31)19-7-6-18(25)20(27-19)15(2)32/h4-5,8,13,16-20H,6-7,9-12,15H2,1-3H3,(H,29,32,33);1-2,7,10,18-19H,3-6,8-9,11-15,17H2,(H2,29,30);10-12,15,17H,2,6-9,13-14,29H2,1,3-5H3,(H,30,36);6-7,14,16-17H,4-5,8-13,25H2,1-3H3,(H,26,33)/t17-,19-,20+;;15-;14-/m0.11/s1. The van der Waals surface area contributed by atoms with E-state index in [9.17, 15) is 42.4 Å². The molecular formula is C103H132F3N27O12. The number of hydrogen-bond donors (Lipinski definition) is 6. The minimum absolute atomic E-state index is 0.0114. The number of nitriles is 2. The first-order valence-electron chi connectivity index (χ1n) is 50.1. The molecule has 10 aliphatic rings. The number of rotatable bonds is 39. The van der Waals surface area contributed by atoms with Crippen molar-refractivity contribution < 1.29 is 70.3 Å². The molecule has 0 spiro atoms. The van der Waals surface area contributed by atoms with Crippen LogP contribution in [0.15, 0.2) is 85.7 Å². The van der Waals surface area contributed by atoms with Crippen molar-refractivity contribution in [2.75, 3.05) is 163 Å². The van der Waals surface area contributed by atoms with E-state index < -0.39 is 30.1 Å². The Morgan fingerprint density at radius 1 is 0.614 bits per heavy atom. The maximum Gasteiger partial charge on any atom is 0.405 e. The molecule has 4 aliphatic heterocycles. The fraction of sp³-hybridized carbons (Fsp3) is 0.563. The van der Waals surface area contributed by atoms with Crippen LogP contribution >= 0.6 is 0 Å². The van der Waals surface area contributed by atoms with Crippen LogP contribution in [0, 0.1) is 74.9 Å². The van der Waals surface area contributed by atoms with Crippen molar-refractivity contribution in [2.24, 2.45) is 58.0 Å². The Morgan fingerprint density at radius 2 is 1.19 bits per heavy atom. The highest BCUT2D eigenvalue weighted by Gasteiger charge is 2.57. The molecule has 4 saturated heterocycles. The van der Waals surface area contributed by atoms with Crippen LogP contribution in [0.5, 0.6) is 29.8 Å². The van der Waals surface area contributed by atoms with Gasteiger partial charge in [-0.3, -0.25) is 34.1 Å². The lowest BCUT2D eigenvalue weighted by Crippen LogP contribution is -2.52. The number of aromatic nitrogens is 15. The molecule has 0 aromatic carbocycles. The maximum atomic E-state index is 13.2. The van der Waals surface area contributed by atoms with Crippen LogP contribution in [-0.4, -0.2) is 249 Å². The second-order valence-corrected chi connectivity index (χ2v) is 40.5. The van der Waals surface area contributed by atoms with E-state index in [0.29, 0.717) is 147 Å². The predicted molar refractivity (Wildman–Crippen MR) is 536 cm³/mol. The number of nitrogens with zero attached hydrogens (tertiary/aromatic N) is 21. The summed E-state index contributed by atoms with van der Waals surface area (Å²) >= 11 is 0. The monoisotopic (exact) mass is 2000 g/mol. The number of nitrogens with one attached hydrogen (secondary N) is 3. The van der Waals surface area contributed by atoms with Gasteiger partial charge < -0.3 is 85.5 Å². The van der Waals surface area contributed by atoms with Gasteiger partial charge in [0.2, 0.25) is 11.8 Å². The number of methoxy groups -OCH3 is 2. The first kappa shape index (κ1) is 105. The number of ketones is 3. The summed E-state index contributed by atoms with van der Waals surface area (Å²) in [5.74, 6) is 5.37. The van der Waals surface area contributed by atoms with E-state index >= 15 is 0 Å². The molecule has 13 heterocycles. The average molecular weight is 2000 g/mol. The number of carbonyl (C=O) groups excluding carboxylic acids is 5. The Kier molecular flexibility index (Phi) is 34.4. The van der Waals surface area contributed by atoms with Gasteiger partial charge in [0.05, 0.1) is 67.0 Å². The highest BCUT2D eigenvalue weighted by Crippen LogP contribution is 2.66. The number of pyridine rings is 4. The van der Waals surface area contributed by atoms with Gasteiger partial charge in [-0.05, 0) is 200 Å². The summed E-state index contributed by atoms with van der Waals surface area (Å²) in [6, 6.07) is 25.3. The number of amides is 2. The van der Waals surface area contributed by atoms with E-state index in [1.165, 1.54) is 39.4 Å². The molecule has 42 heteroatoms. The van der Waals surface area contributed by atoms with Gasteiger partial charge in [-0.2, -0.15) is 73.6 Å². The normalized spacial score (nSPS) is 19.7. The number of hydrogen-bond acceptors (Lipinski definition) is 36. The first-order valence-corrected chi connectivity index (χ1v) is 50.1. The highest BCUT2D eigenvalue weighted by molar-refractivity contribution is 5.98. The third-order valence-corrected chi connectivity index (χ3v) is 28.4. The van der Waals surface area contributed by atoms with Crippen molar-refractivity contribution in [3.8, 4) is 41.9 Å². The molecule has 6 saturated carbocycles. The summed E-state index contributed by atoms with van der Waals surface area (Å²) in [6.45, 7) is 21.9. The molecule has 0 radical (unpaired) electrons. The number of ether oxygens (including phenoxy) is 7. The molecule has 0 unspecified atom stereocenters. The number of carbonyl (C=O) groups is 5. The predicted octanol–water partition coefficient (Wildman–Crippen LogP) is 13.3. The molecular weight excluding hydrogens is 1860 g/mol. The van der Waals surface area contributed by atoms with Crippen molar-refractivity contribution in [1.82, 2.24) is 85.6 Å². The lowest BCUT2D eigenvalue weighted by molar-refractivity contribution is -0.123. The molecule has 9 aromatic heterocycles. The van der Waals surface area contributed by atoms with Crippen LogP contribution in [0.4, 0.5) is 53.8 Å². The summed E-state index contributed by atoms with van der Waals surface area (Å²) < 4.78 is 77.3. The van der Waals surface area contributed by atoms with Crippen molar-refractivity contribution in [3.63, 3.8) is 0 Å². The highest BCUT2D eigenvalue weighted by atomic mass is 19.4. The van der Waals surface area contributed by atoms with Gasteiger partial charge in [0.25, 0.3) is 11.8 Å². The number of nitrogen functional groups attached to an aromatic ring is 2. The lowest BCUT2D eigenvalue weighted by atomic mass is 9.43. The molecule has 10 fully saturated rings. The van der Waals surface area contributed by atoms with Crippen molar-refractivity contribution in [1.29, 1.82) is 10.5 Å². The van der Waals surface area contributed by atoms with Gasteiger partial charge in [-0.25, -0.2) is 15.0 Å². The molecule has 19 rings (SSSR count). The molecule has 9 aromatic rings. The SMILES string of the molecule is C=C(N)c1cc(N(C)C)cc(C2CCN(c3cc(C(=O)NCC(F)(F)F)nc(O[C@H](C)COC)n3)CC2)n1.CC(C)[C@@H](C)CC(=O)c1cc(N2CCC(c3[nH]nc4ncccc34)CC2)nc(OC[C@H]2C[C@H]2C#N)n1.COC[C@@H](C)Oc1nc(C(=O)NCC2CC2)nc(N2CCC(c3ccc(N)c(C(C)=O)n3)CC2)n1.N#CC1(COc2nc(C(=O)CC34CC(C3)C4)cc(N3CCC(COc4cccnc4N)CC3)n2)CC1. The van der Waals surface area contributed by atoms with Crippen molar-refractivity contribution in [2.45, 2.75) is 193 Å². The summed E-state index contributed by atoms with van der Waals surface area (Å²) in [5, 5.41) is 31.9. The van der Waals surface area contributed by atoms with Crippen LogP contribution in [-0.2, 0) is 9.47 Å². The van der Waals surface area contributed by atoms with Gasteiger partial charge in [-0.1, -0.05) is 27.4 Å². The fourth-order valence-electron chi connectivity index (χ4n) is 18.7. The van der Waals surface area contributed by atoms with E-state index in [4.69, 9.17) is 60.6 Å². The quantitative estimate of drug-likeness (QED) is 0.0195. The molecule has 6 aliphatic carbocycles. The molecule has 772 valence electrons. The number of halogens is 3. The van der Waals surface area contributed by atoms with E-state index in [0.717, 1.165) is 161 Å². The Hall–Kier alpha value is -13.9. The average Bonchev–Trinajstić information content (AvgIpc) is 1.34. The van der Waals surface area contributed by atoms with Gasteiger partial charge >= 0.3 is 30.2 Å². The second-order valence-electron chi connectivity index (χ2n) is 40.5. The Labute approximate surface area is 841 Å². The fourth-order valence-corrected chi connectivity index (χ4v) is 18.7. The number of piperidine rings is 4. The molecule has 39 nitrogen and oxygen atoms in total. The summed E-state index contributed by atoms with van der Waals surface area (Å²) in [4.78, 5) is 131. The third kappa shape index (κ3) is 28.4. The summed E-state index contributed by atoms with van der Waals surface area (Å²) in [6.07, 6.45) is 14.2. The minimum Gasteiger partial charge on any atom is -0.489 e. The van der Waals surface area contributed by atoms with Crippen LogP contribution in [0.2, 0.25) is 0 Å². The zero-order valence-electron chi connectivity index (χ0n) is 84.1. The van der Waals surface area contributed by atoms with Crippen LogP contribution in [0.1, 0.15) is 250 Å². The van der Waals surface area contributed by atoms with Crippen LogP contribution in [0.25, 0.3) is 16.7 Å². The number of anilines is 7. The number of aromatic amines is 1. The van der Waals surface area contributed by atoms with Crippen molar-refractivity contribution in [3.05, 3.63) is 137 Å². The van der Waals surface area contributed by atoms with Crippen LogP contribution < -0.4 is 76.0 Å². The Bertz CT molecular complexity index is 6120. The summed E-state index contributed by atoms with van der Waals surface area (Å²) in [5.41, 5.74) is 24.5. The molecule has 2 bridgehead atoms. The molecule has 145 heavy (non-hydrogen) atoms. The zero-order valence-corrected chi connectivity index (χ0v) is 84.1. The lowest BCUT2D eigenvalue weighted by Gasteiger charge is -2.61. The van der Waals surface area contributed by atoms with Gasteiger partial charge in [-0.15, -0.1) is 0 Å².